The van der Waals surface area contributed by atoms with Crippen molar-refractivity contribution >= 4 is 33.8 Å². The van der Waals surface area contributed by atoms with Gasteiger partial charge >= 0.3 is 18.2 Å². The molecule has 0 radical (unpaired) electrons. The number of rotatable bonds is 4. The number of nitrogens with zero attached hydrogens (tertiary/aromatic N) is 3. The maximum absolute atomic E-state index is 13.8. The highest BCUT2D eigenvalue weighted by molar-refractivity contribution is 7.99. The van der Waals surface area contributed by atoms with E-state index in [4.69, 9.17) is 4.42 Å². The Morgan fingerprint density at radius 2 is 1.68 bits per heavy atom. The van der Waals surface area contributed by atoms with Crippen molar-refractivity contribution in [3.8, 4) is 17.2 Å². The lowest BCUT2D eigenvalue weighted by Crippen LogP contribution is -2.22. The van der Waals surface area contributed by atoms with Crippen LogP contribution in [-0.2, 0) is 13.2 Å². The molecule has 2 aromatic carbocycles. The van der Waals surface area contributed by atoms with Gasteiger partial charge in [-0.3, -0.25) is 14.0 Å². The van der Waals surface area contributed by atoms with Crippen molar-refractivity contribution in [2.45, 2.75) is 29.3 Å². The Bertz CT molecular complexity index is 1910. The summed E-state index contributed by atoms with van der Waals surface area (Å²) < 4.78 is 89.0. The fraction of sp³-hybridized carbons (Fsp3) is 0.160. The third kappa shape index (κ3) is 4.76. The van der Waals surface area contributed by atoms with Gasteiger partial charge in [-0.1, -0.05) is 17.8 Å². The van der Waals surface area contributed by atoms with Gasteiger partial charge in [-0.05, 0) is 49.4 Å². The molecule has 0 bridgehead atoms. The van der Waals surface area contributed by atoms with E-state index in [0.717, 1.165) is 34.9 Å². The van der Waals surface area contributed by atoms with Gasteiger partial charge in [0.1, 0.15) is 21.7 Å². The number of aromatic nitrogens is 3. The average Bonchev–Trinajstić information content (AvgIpc) is 3.14. The Labute approximate surface area is 223 Å². The summed E-state index contributed by atoms with van der Waals surface area (Å²) in [6.07, 6.45) is -9.60. The van der Waals surface area contributed by atoms with Gasteiger partial charge in [-0.2, -0.15) is 18.3 Å². The Morgan fingerprint density at radius 1 is 1.00 bits per heavy atom. The SMILES string of the molecule is Cc1nn(C)c2c1c1oc(=O)c(Sc3cccc(C(F)(F)F)c3)c(O)c1c(=O)n2-c1ccc(OC(F)(F)F)cc1. The molecule has 3 heterocycles. The van der Waals surface area contributed by atoms with E-state index in [1.807, 2.05) is 0 Å². The molecule has 0 saturated carbocycles. The molecule has 0 spiro atoms. The first-order valence-corrected chi connectivity index (χ1v) is 12.0. The normalized spacial score (nSPS) is 12.4. The number of halogens is 6. The Hall–Kier alpha value is -4.40. The first-order valence-electron chi connectivity index (χ1n) is 11.1. The van der Waals surface area contributed by atoms with Gasteiger partial charge in [0.25, 0.3) is 5.56 Å². The van der Waals surface area contributed by atoms with Gasteiger partial charge in [0.05, 0.1) is 22.3 Å². The van der Waals surface area contributed by atoms with E-state index < -0.39 is 51.1 Å². The van der Waals surface area contributed by atoms with Crippen molar-refractivity contribution in [1.82, 2.24) is 14.3 Å². The molecule has 0 aliphatic heterocycles. The quantitative estimate of drug-likeness (QED) is 0.263. The van der Waals surface area contributed by atoms with Crippen molar-refractivity contribution in [2.24, 2.45) is 7.05 Å². The summed E-state index contributed by atoms with van der Waals surface area (Å²) >= 11 is 0.470. The number of hydrogen-bond acceptors (Lipinski definition) is 7. The predicted octanol–water partition coefficient (Wildman–Crippen LogP) is 5.91. The topological polar surface area (TPSA) is 99.5 Å². The van der Waals surface area contributed by atoms with Crippen molar-refractivity contribution < 1.29 is 40.6 Å². The van der Waals surface area contributed by atoms with Crippen LogP contribution >= 0.6 is 11.8 Å². The largest absolute Gasteiger partial charge is 0.573 e. The molecule has 0 atom stereocenters. The molecule has 0 unspecified atom stereocenters. The standard InChI is InChI=1S/C25H15F6N3O5S/c1-11-16-19-17(18(35)20(23(37)38-19)40-15-5-3-4-12(10-15)24(26,27)28)22(36)34(21(16)33(2)32-11)13-6-8-14(9-7-13)39-25(29,30)31/h3-10,35H,1-2H3. The second-order valence-corrected chi connectivity index (χ2v) is 9.57. The van der Waals surface area contributed by atoms with Crippen LogP contribution in [0.1, 0.15) is 11.3 Å². The van der Waals surface area contributed by atoms with Crippen LogP contribution in [0.2, 0.25) is 0 Å². The molecular weight excluding hydrogens is 568 g/mol. The summed E-state index contributed by atoms with van der Waals surface area (Å²) in [4.78, 5) is 26.1. The summed E-state index contributed by atoms with van der Waals surface area (Å²) in [5.74, 6) is -1.38. The van der Waals surface area contributed by atoms with Crippen LogP contribution in [0, 0.1) is 6.92 Å². The zero-order valence-corrected chi connectivity index (χ0v) is 21.0. The summed E-state index contributed by atoms with van der Waals surface area (Å²) in [5.41, 5.74) is -2.89. The number of hydrogen-bond donors (Lipinski definition) is 1. The minimum absolute atomic E-state index is 0.0593. The highest BCUT2D eigenvalue weighted by Gasteiger charge is 2.32. The molecular formula is C25H15F6N3O5S. The van der Waals surface area contributed by atoms with E-state index in [-0.39, 0.29) is 32.9 Å². The molecule has 0 aliphatic rings. The third-order valence-electron chi connectivity index (χ3n) is 5.82. The molecule has 3 aromatic heterocycles. The summed E-state index contributed by atoms with van der Waals surface area (Å²) in [7, 11) is 1.48. The van der Waals surface area contributed by atoms with E-state index in [9.17, 15) is 41.0 Å². The predicted molar refractivity (Wildman–Crippen MR) is 131 cm³/mol. The van der Waals surface area contributed by atoms with E-state index in [0.29, 0.717) is 11.8 Å². The molecule has 208 valence electrons. The van der Waals surface area contributed by atoms with E-state index >= 15 is 0 Å². The fourth-order valence-electron chi connectivity index (χ4n) is 4.24. The van der Waals surface area contributed by atoms with E-state index in [2.05, 4.69) is 9.84 Å². The highest BCUT2D eigenvalue weighted by Crippen LogP contribution is 2.40. The first-order chi connectivity index (χ1) is 18.7. The van der Waals surface area contributed by atoms with Gasteiger partial charge < -0.3 is 14.3 Å². The highest BCUT2D eigenvalue weighted by atomic mass is 32.2. The van der Waals surface area contributed by atoms with Crippen LogP contribution in [0.3, 0.4) is 0 Å². The minimum atomic E-state index is -4.94. The van der Waals surface area contributed by atoms with Crippen LogP contribution in [-0.4, -0.2) is 25.8 Å². The van der Waals surface area contributed by atoms with E-state index in [1.54, 1.807) is 6.92 Å². The van der Waals surface area contributed by atoms with Gasteiger partial charge in [-0.25, -0.2) is 4.79 Å². The molecule has 15 heteroatoms. The van der Waals surface area contributed by atoms with Crippen molar-refractivity contribution in [1.29, 1.82) is 0 Å². The van der Waals surface area contributed by atoms with Crippen LogP contribution in [0.25, 0.3) is 27.7 Å². The van der Waals surface area contributed by atoms with Gasteiger partial charge in [0.15, 0.2) is 11.3 Å². The number of aryl methyl sites for hydroxylation is 2. The van der Waals surface area contributed by atoms with Gasteiger partial charge in [0.2, 0.25) is 0 Å². The van der Waals surface area contributed by atoms with Crippen molar-refractivity contribution in [2.75, 3.05) is 0 Å². The number of pyridine rings is 1. The lowest BCUT2D eigenvalue weighted by atomic mass is 10.1. The first kappa shape index (κ1) is 27.2. The average molecular weight is 583 g/mol. The molecule has 0 fully saturated rings. The molecule has 5 rings (SSSR count). The second kappa shape index (κ2) is 9.36. The maximum Gasteiger partial charge on any atom is 0.573 e. The molecule has 0 aliphatic carbocycles. The Kier molecular flexibility index (Phi) is 6.36. The zero-order chi connectivity index (χ0) is 29.1. The summed E-state index contributed by atoms with van der Waals surface area (Å²) in [5, 5.41) is 15.0. The number of fused-ring (bicyclic) bond motifs is 3. The second-order valence-electron chi connectivity index (χ2n) is 8.49. The van der Waals surface area contributed by atoms with Crippen molar-refractivity contribution in [3.05, 3.63) is 80.6 Å². The van der Waals surface area contributed by atoms with E-state index in [1.165, 1.54) is 29.9 Å². The lowest BCUT2D eigenvalue weighted by molar-refractivity contribution is -0.274. The molecule has 1 N–H and O–H groups in total. The maximum atomic E-state index is 13.8. The molecule has 0 saturated heterocycles. The van der Waals surface area contributed by atoms with Crippen LogP contribution in [0.5, 0.6) is 11.5 Å². The van der Waals surface area contributed by atoms with Gasteiger partial charge in [-0.15, -0.1) is 13.2 Å². The Morgan fingerprint density at radius 3 is 2.30 bits per heavy atom. The van der Waals surface area contributed by atoms with Gasteiger partial charge in [0, 0.05) is 11.9 Å². The number of ether oxygens (including phenoxy) is 1. The monoisotopic (exact) mass is 583 g/mol. The molecule has 8 nitrogen and oxygen atoms in total. The Balaban J connectivity index is 1.75. The number of alkyl halides is 6. The third-order valence-corrected chi connectivity index (χ3v) is 6.87. The van der Waals surface area contributed by atoms with Crippen LogP contribution in [0.15, 0.2) is 72.3 Å². The fourth-order valence-corrected chi connectivity index (χ4v) is 5.13. The summed E-state index contributed by atoms with van der Waals surface area (Å²) in [6, 6.07) is 8.30. The smallest absolute Gasteiger partial charge is 0.505 e. The molecule has 40 heavy (non-hydrogen) atoms. The van der Waals surface area contributed by atoms with Crippen molar-refractivity contribution in [3.63, 3.8) is 0 Å². The van der Waals surface area contributed by atoms with Crippen LogP contribution < -0.4 is 15.9 Å². The molecule has 0 amide bonds. The van der Waals surface area contributed by atoms with Crippen LogP contribution in [0.4, 0.5) is 26.3 Å². The molecule has 5 aromatic rings. The zero-order valence-electron chi connectivity index (χ0n) is 20.2. The summed E-state index contributed by atoms with van der Waals surface area (Å²) in [6.45, 7) is 1.54. The lowest BCUT2D eigenvalue weighted by Gasteiger charge is -2.14. The number of aromatic hydroxyl groups is 1. The minimum Gasteiger partial charge on any atom is -0.505 e. The number of benzene rings is 2.